The molecule has 0 saturated heterocycles. The van der Waals surface area contributed by atoms with Crippen LogP contribution in [0.1, 0.15) is 26.3 Å². The molecule has 0 aliphatic heterocycles. The van der Waals surface area contributed by atoms with E-state index in [4.69, 9.17) is 4.74 Å². The highest BCUT2D eigenvalue weighted by Crippen LogP contribution is 2.25. The van der Waals surface area contributed by atoms with E-state index in [-0.39, 0.29) is 5.75 Å². The molecule has 0 spiro atoms. The first-order valence-electron chi connectivity index (χ1n) is 6.41. The van der Waals surface area contributed by atoms with Crippen molar-refractivity contribution in [2.45, 2.75) is 27.2 Å². The first kappa shape index (κ1) is 15.2. The maximum atomic E-state index is 13.3. The maximum absolute atomic E-state index is 13.3. The fraction of sp³-hybridized carbons (Fsp3) is 0.250. The largest absolute Gasteiger partial charge is 0.454 e. The van der Waals surface area contributed by atoms with Crippen LogP contribution in [0.15, 0.2) is 42.5 Å². The maximum Gasteiger partial charge on any atom is 0.168 e. The molecule has 0 N–H and O–H groups in total. The van der Waals surface area contributed by atoms with Crippen molar-refractivity contribution < 1.29 is 13.5 Å². The zero-order valence-electron chi connectivity index (χ0n) is 11.4. The normalized spacial score (nSPS) is 9.53. The average molecular weight is 264 g/mol. The van der Waals surface area contributed by atoms with Gasteiger partial charge in [-0.25, -0.2) is 8.78 Å². The summed E-state index contributed by atoms with van der Waals surface area (Å²) in [4.78, 5) is 0. The molecule has 2 rings (SSSR count). The topological polar surface area (TPSA) is 9.23 Å². The molecule has 0 fully saturated rings. The van der Waals surface area contributed by atoms with Crippen LogP contribution in [0.2, 0.25) is 0 Å². The zero-order chi connectivity index (χ0) is 14.3. The summed E-state index contributed by atoms with van der Waals surface area (Å²) in [6.07, 6.45) is 0.936. The number of ether oxygens (including phenoxy) is 1. The van der Waals surface area contributed by atoms with Crippen molar-refractivity contribution >= 4 is 0 Å². The number of hydrogen-bond acceptors (Lipinski definition) is 1. The van der Waals surface area contributed by atoms with Crippen LogP contribution >= 0.6 is 0 Å². The van der Waals surface area contributed by atoms with Gasteiger partial charge in [0, 0.05) is 6.07 Å². The Balaban J connectivity index is 0.000000861. The Kier molecular flexibility index (Phi) is 6.00. The van der Waals surface area contributed by atoms with Crippen molar-refractivity contribution in [3.05, 3.63) is 59.7 Å². The molecule has 2 aromatic rings. The molecule has 19 heavy (non-hydrogen) atoms. The highest BCUT2D eigenvalue weighted by atomic mass is 19.1. The highest BCUT2D eigenvalue weighted by molar-refractivity contribution is 5.34. The third-order valence-corrected chi connectivity index (χ3v) is 2.45. The summed E-state index contributed by atoms with van der Waals surface area (Å²) in [5.41, 5.74) is 1.18. The van der Waals surface area contributed by atoms with Crippen LogP contribution in [-0.2, 0) is 6.42 Å². The molecule has 0 bridgehead atoms. The van der Waals surface area contributed by atoms with Crippen molar-refractivity contribution in [2.75, 3.05) is 0 Å². The third kappa shape index (κ3) is 4.36. The number of benzene rings is 2. The van der Waals surface area contributed by atoms with Crippen LogP contribution < -0.4 is 4.74 Å². The van der Waals surface area contributed by atoms with Gasteiger partial charge in [0.15, 0.2) is 11.6 Å². The first-order valence-corrected chi connectivity index (χ1v) is 6.41. The van der Waals surface area contributed by atoms with E-state index in [0.29, 0.717) is 5.75 Å². The van der Waals surface area contributed by atoms with Crippen molar-refractivity contribution in [1.29, 1.82) is 0 Å². The Bertz CT molecular complexity index is 507. The first-order chi connectivity index (χ1) is 9.19. The molecule has 2 aromatic carbocycles. The number of rotatable bonds is 3. The van der Waals surface area contributed by atoms with Crippen LogP contribution in [-0.4, -0.2) is 0 Å². The molecule has 0 unspecified atom stereocenters. The van der Waals surface area contributed by atoms with E-state index in [9.17, 15) is 8.78 Å². The minimum atomic E-state index is -0.704. The van der Waals surface area contributed by atoms with Gasteiger partial charge >= 0.3 is 0 Å². The summed E-state index contributed by atoms with van der Waals surface area (Å²) in [5.74, 6) is -0.760. The molecule has 0 heterocycles. The molecule has 0 aliphatic rings. The molecule has 0 saturated carbocycles. The highest BCUT2D eigenvalue weighted by Gasteiger charge is 2.05. The Morgan fingerprint density at radius 3 is 2.11 bits per heavy atom. The minimum Gasteiger partial charge on any atom is -0.454 e. The van der Waals surface area contributed by atoms with Crippen molar-refractivity contribution in [2.24, 2.45) is 0 Å². The van der Waals surface area contributed by atoms with Crippen LogP contribution in [0, 0.1) is 11.6 Å². The van der Waals surface area contributed by atoms with Gasteiger partial charge in [0.2, 0.25) is 0 Å². The van der Waals surface area contributed by atoms with E-state index < -0.39 is 11.6 Å². The summed E-state index contributed by atoms with van der Waals surface area (Å²) in [6.45, 7) is 6.05. The molecule has 1 nitrogen and oxygen atoms in total. The van der Waals surface area contributed by atoms with Gasteiger partial charge in [-0.2, -0.15) is 0 Å². The molecule has 0 atom stereocenters. The van der Waals surface area contributed by atoms with E-state index in [1.807, 2.05) is 26.0 Å². The number of halogens is 2. The fourth-order valence-corrected chi connectivity index (χ4v) is 1.48. The van der Waals surface area contributed by atoms with E-state index in [1.54, 1.807) is 12.1 Å². The minimum absolute atomic E-state index is 0.0237. The van der Waals surface area contributed by atoms with Crippen LogP contribution in [0.3, 0.4) is 0 Å². The summed E-state index contributed by atoms with van der Waals surface area (Å²) < 4.78 is 31.3. The SMILES string of the molecule is CC.CCc1ccc(Oc2ccc(F)cc2F)cc1. The summed E-state index contributed by atoms with van der Waals surface area (Å²) in [6, 6.07) is 10.6. The zero-order valence-corrected chi connectivity index (χ0v) is 11.4. The lowest BCUT2D eigenvalue weighted by molar-refractivity contribution is 0.437. The second kappa shape index (κ2) is 7.52. The Labute approximate surface area is 112 Å². The Morgan fingerprint density at radius 1 is 0.947 bits per heavy atom. The summed E-state index contributed by atoms with van der Waals surface area (Å²) >= 11 is 0. The van der Waals surface area contributed by atoms with E-state index >= 15 is 0 Å². The lowest BCUT2D eigenvalue weighted by Crippen LogP contribution is -1.89. The second-order valence-electron chi connectivity index (χ2n) is 3.67. The van der Waals surface area contributed by atoms with E-state index in [1.165, 1.54) is 17.7 Å². The van der Waals surface area contributed by atoms with Crippen molar-refractivity contribution in [3.63, 3.8) is 0 Å². The quantitative estimate of drug-likeness (QED) is 0.726. The number of aryl methyl sites for hydroxylation is 1. The van der Waals surface area contributed by atoms with Crippen molar-refractivity contribution in [1.82, 2.24) is 0 Å². The lowest BCUT2D eigenvalue weighted by Gasteiger charge is -2.07. The predicted molar refractivity (Wildman–Crippen MR) is 73.6 cm³/mol. The van der Waals surface area contributed by atoms with Gasteiger partial charge in [-0.15, -0.1) is 0 Å². The van der Waals surface area contributed by atoms with Gasteiger partial charge in [-0.1, -0.05) is 32.9 Å². The van der Waals surface area contributed by atoms with Gasteiger partial charge in [-0.05, 0) is 36.2 Å². The lowest BCUT2D eigenvalue weighted by atomic mass is 10.2. The molecule has 3 heteroatoms. The van der Waals surface area contributed by atoms with Crippen LogP contribution in [0.25, 0.3) is 0 Å². The van der Waals surface area contributed by atoms with Gasteiger partial charge in [0.05, 0.1) is 0 Å². The third-order valence-electron chi connectivity index (χ3n) is 2.45. The van der Waals surface area contributed by atoms with Crippen LogP contribution in [0.5, 0.6) is 11.5 Å². The molecular weight excluding hydrogens is 246 g/mol. The summed E-state index contributed by atoms with van der Waals surface area (Å²) in [5, 5.41) is 0. The molecule has 0 aromatic heterocycles. The van der Waals surface area contributed by atoms with Crippen LogP contribution in [0.4, 0.5) is 8.78 Å². The van der Waals surface area contributed by atoms with Gasteiger partial charge in [-0.3, -0.25) is 0 Å². The van der Waals surface area contributed by atoms with Gasteiger partial charge in [0.1, 0.15) is 11.6 Å². The second-order valence-corrected chi connectivity index (χ2v) is 3.67. The van der Waals surface area contributed by atoms with E-state index in [0.717, 1.165) is 12.5 Å². The standard InChI is InChI=1S/C14H12F2O.C2H6/c1-2-10-3-6-12(7-4-10)17-14-8-5-11(15)9-13(14)16;1-2/h3-9H,2H2,1H3;1-2H3. The molecule has 0 radical (unpaired) electrons. The fourth-order valence-electron chi connectivity index (χ4n) is 1.48. The molecule has 102 valence electrons. The molecular formula is C16H18F2O. The molecule has 0 amide bonds. The monoisotopic (exact) mass is 264 g/mol. The smallest absolute Gasteiger partial charge is 0.168 e. The van der Waals surface area contributed by atoms with Crippen molar-refractivity contribution in [3.8, 4) is 11.5 Å². The average Bonchev–Trinajstić information content (AvgIpc) is 2.45. The number of hydrogen-bond donors (Lipinski definition) is 0. The van der Waals surface area contributed by atoms with E-state index in [2.05, 4.69) is 6.92 Å². The molecule has 0 aliphatic carbocycles. The Morgan fingerprint density at radius 2 is 1.58 bits per heavy atom. The summed E-state index contributed by atoms with van der Waals surface area (Å²) in [7, 11) is 0. The van der Waals surface area contributed by atoms with Gasteiger partial charge in [0.25, 0.3) is 0 Å². The predicted octanol–water partition coefficient (Wildman–Crippen LogP) is 5.35. The van der Waals surface area contributed by atoms with Gasteiger partial charge < -0.3 is 4.74 Å². The Hall–Kier alpha value is -1.90.